The summed E-state index contributed by atoms with van der Waals surface area (Å²) >= 11 is 0. The number of aliphatic carboxylic acids is 1. The number of nitrogens with zero attached hydrogens (tertiary/aromatic N) is 2. The molecule has 0 heterocycles. The predicted molar refractivity (Wildman–Crippen MR) is 67.9 cm³/mol. The normalized spacial score (nSPS) is 9.83. The molecule has 0 aliphatic carbocycles. The summed E-state index contributed by atoms with van der Waals surface area (Å²) in [6.07, 6.45) is 1.59. The maximum Gasteiger partial charge on any atom is 0.323 e. The predicted octanol–water partition coefficient (Wildman–Crippen LogP) is 1.98. The van der Waals surface area contributed by atoms with E-state index in [4.69, 9.17) is 5.11 Å². The van der Waals surface area contributed by atoms with E-state index in [0.29, 0.717) is 17.8 Å². The molecule has 0 saturated carbocycles. The van der Waals surface area contributed by atoms with E-state index in [0.717, 1.165) is 0 Å². The summed E-state index contributed by atoms with van der Waals surface area (Å²) in [5.41, 5.74) is 1.31. The van der Waals surface area contributed by atoms with Crippen molar-refractivity contribution in [2.75, 3.05) is 18.0 Å². The highest BCUT2D eigenvalue weighted by atomic mass is 16.6. The SMILES string of the molecule is C=CCN(CC(=O)O)c1ccc([N+](=O)[O-])cc1C. The molecular weight excluding hydrogens is 236 g/mol. The zero-order chi connectivity index (χ0) is 13.7. The number of non-ortho nitro benzene ring substituents is 1. The van der Waals surface area contributed by atoms with Crippen LogP contribution in [0.3, 0.4) is 0 Å². The fourth-order valence-corrected chi connectivity index (χ4v) is 1.68. The molecule has 0 spiro atoms. The highest BCUT2D eigenvalue weighted by Crippen LogP contribution is 2.24. The van der Waals surface area contributed by atoms with Crippen molar-refractivity contribution >= 4 is 17.3 Å². The van der Waals surface area contributed by atoms with Crippen molar-refractivity contribution in [1.29, 1.82) is 0 Å². The van der Waals surface area contributed by atoms with Crippen molar-refractivity contribution in [2.24, 2.45) is 0 Å². The lowest BCUT2D eigenvalue weighted by Gasteiger charge is -2.22. The van der Waals surface area contributed by atoms with Gasteiger partial charge in [-0.05, 0) is 18.6 Å². The van der Waals surface area contributed by atoms with Crippen LogP contribution in [0.15, 0.2) is 30.9 Å². The third kappa shape index (κ3) is 3.31. The zero-order valence-corrected chi connectivity index (χ0v) is 10.00. The molecule has 1 rings (SSSR count). The van der Waals surface area contributed by atoms with Crippen LogP contribution in [0.2, 0.25) is 0 Å². The Hall–Kier alpha value is -2.37. The van der Waals surface area contributed by atoms with Gasteiger partial charge < -0.3 is 10.0 Å². The summed E-state index contributed by atoms with van der Waals surface area (Å²) in [6.45, 7) is 5.46. The molecule has 1 aromatic carbocycles. The lowest BCUT2D eigenvalue weighted by Crippen LogP contribution is -2.30. The van der Waals surface area contributed by atoms with Crippen molar-refractivity contribution in [3.8, 4) is 0 Å². The van der Waals surface area contributed by atoms with Gasteiger partial charge in [0, 0.05) is 24.4 Å². The van der Waals surface area contributed by atoms with Gasteiger partial charge in [-0.25, -0.2) is 0 Å². The van der Waals surface area contributed by atoms with Gasteiger partial charge in [0.1, 0.15) is 6.54 Å². The fourth-order valence-electron chi connectivity index (χ4n) is 1.68. The number of nitro groups is 1. The third-order valence-electron chi connectivity index (χ3n) is 2.41. The Bertz CT molecular complexity index is 485. The number of hydrogen-bond acceptors (Lipinski definition) is 4. The molecule has 0 aromatic heterocycles. The maximum absolute atomic E-state index is 10.8. The molecule has 0 aliphatic heterocycles. The number of benzene rings is 1. The number of aryl methyl sites for hydroxylation is 1. The zero-order valence-electron chi connectivity index (χ0n) is 10.00. The molecule has 18 heavy (non-hydrogen) atoms. The van der Waals surface area contributed by atoms with Gasteiger partial charge in [-0.15, -0.1) is 6.58 Å². The minimum atomic E-state index is -0.963. The Morgan fingerprint density at radius 1 is 1.61 bits per heavy atom. The van der Waals surface area contributed by atoms with Crippen molar-refractivity contribution < 1.29 is 14.8 Å². The summed E-state index contributed by atoms with van der Waals surface area (Å²) in [7, 11) is 0. The molecule has 0 aliphatic rings. The van der Waals surface area contributed by atoms with E-state index in [1.165, 1.54) is 12.1 Å². The van der Waals surface area contributed by atoms with Crippen LogP contribution in [0.5, 0.6) is 0 Å². The first-order valence-corrected chi connectivity index (χ1v) is 5.28. The van der Waals surface area contributed by atoms with E-state index in [9.17, 15) is 14.9 Å². The molecule has 0 radical (unpaired) electrons. The molecule has 1 aromatic rings. The topological polar surface area (TPSA) is 83.7 Å². The Labute approximate surface area is 104 Å². The second-order valence-corrected chi connectivity index (χ2v) is 3.79. The molecule has 0 bridgehead atoms. The minimum absolute atomic E-state index is 0.00914. The number of anilines is 1. The van der Waals surface area contributed by atoms with Crippen molar-refractivity contribution in [3.05, 3.63) is 46.5 Å². The molecule has 6 heteroatoms. The molecule has 0 amide bonds. The number of rotatable bonds is 6. The van der Waals surface area contributed by atoms with Crippen LogP contribution in [0.1, 0.15) is 5.56 Å². The molecule has 6 nitrogen and oxygen atoms in total. The monoisotopic (exact) mass is 250 g/mol. The average molecular weight is 250 g/mol. The Kier molecular flexibility index (Phi) is 4.42. The molecule has 0 atom stereocenters. The van der Waals surface area contributed by atoms with Crippen LogP contribution in [-0.4, -0.2) is 29.1 Å². The van der Waals surface area contributed by atoms with E-state index in [-0.39, 0.29) is 12.2 Å². The Balaban J connectivity index is 3.08. The summed E-state index contributed by atoms with van der Waals surface area (Å²) < 4.78 is 0. The molecule has 1 N–H and O–H groups in total. The third-order valence-corrected chi connectivity index (χ3v) is 2.41. The maximum atomic E-state index is 10.8. The van der Waals surface area contributed by atoms with Crippen LogP contribution in [0.4, 0.5) is 11.4 Å². The van der Waals surface area contributed by atoms with E-state index in [1.807, 2.05) is 0 Å². The van der Waals surface area contributed by atoms with Gasteiger partial charge in [-0.1, -0.05) is 6.08 Å². The fraction of sp³-hybridized carbons (Fsp3) is 0.250. The van der Waals surface area contributed by atoms with E-state index < -0.39 is 10.9 Å². The quantitative estimate of drug-likeness (QED) is 0.474. The van der Waals surface area contributed by atoms with Gasteiger partial charge in [-0.2, -0.15) is 0 Å². The molecule has 0 fully saturated rings. The lowest BCUT2D eigenvalue weighted by atomic mass is 10.1. The second-order valence-electron chi connectivity index (χ2n) is 3.79. The van der Waals surface area contributed by atoms with Crippen LogP contribution < -0.4 is 4.90 Å². The van der Waals surface area contributed by atoms with Gasteiger partial charge in [0.15, 0.2) is 0 Å². The first-order valence-electron chi connectivity index (χ1n) is 5.28. The molecule has 0 unspecified atom stereocenters. The number of carbonyl (C=O) groups is 1. The Morgan fingerprint density at radius 3 is 2.72 bits per heavy atom. The van der Waals surface area contributed by atoms with Crippen LogP contribution in [0.25, 0.3) is 0 Å². The van der Waals surface area contributed by atoms with E-state index in [1.54, 1.807) is 24.0 Å². The smallest absolute Gasteiger partial charge is 0.323 e. The first kappa shape index (κ1) is 13.7. The first-order chi connectivity index (χ1) is 8.45. The van der Waals surface area contributed by atoms with Gasteiger partial charge in [-0.3, -0.25) is 14.9 Å². The summed E-state index contributed by atoms with van der Waals surface area (Å²) in [6, 6.07) is 4.34. The van der Waals surface area contributed by atoms with Crippen molar-refractivity contribution in [3.63, 3.8) is 0 Å². The van der Waals surface area contributed by atoms with Gasteiger partial charge in [0.2, 0.25) is 0 Å². The van der Waals surface area contributed by atoms with Crippen LogP contribution >= 0.6 is 0 Å². The van der Waals surface area contributed by atoms with E-state index >= 15 is 0 Å². The minimum Gasteiger partial charge on any atom is -0.480 e. The molecular formula is C12H14N2O4. The lowest BCUT2D eigenvalue weighted by molar-refractivity contribution is -0.384. The van der Waals surface area contributed by atoms with Gasteiger partial charge in [0.05, 0.1) is 4.92 Å². The van der Waals surface area contributed by atoms with Gasteiger partial charge >= 0.3 is 5.97 Å². The average Bonchev–Trinajstić information content (AvgIpc) is 2.27. The van der Waals surface area contributed by atoms with Crippen molar-refractivity contribution in [1.82, 2.24) is 0 Å². The van der Waals surface area contributed by atoms with Gasteiger partial charge in [0.25, 0.3) is 5.69 Å². The number of hydrogen-bond donors (Lipinski definition) is 1. The summed E-state index contributed by atoms with van der Waals surface area (Å²) in [5.74, 6) is -0.963. The van der Waals surface area contributed by atoms with E-state index in [2.05, 4.69) is 6.58 Å². The number of carboxylic acids is 1. The second kappa shape index (κ2) is 5.81. The number of nitro benzene ring substituents is 1. The van der Waals surface area contributed by atoms with Crippen molar-refractivity contribution in [2.45, 2.75) is 6.92 Å². The summed E-state index contributed by atoms with van der Waals surface area (Å²) in [4.78, 5) is 22.5. The molecule has 0 saturated heterocycles. The molecule has 96 valence electrons. The summed E-state index contributed by atoms with van der Waals surface area (Å²) in [5, 5.41) is 19.4. The Morgan fingerprint density at radius 2 is 2.28 bits per heavy atom. The number of carboxylic acid groups (broad SMARTS) is 1. The highest BCUT2D eigenvalue weighted by Gasteiger charge is 2.14. The van der Waals surface area contributed by atoms with Crippen LogP contribution in [-0.2, 0) is 4.79 Å². The standard InChI is InChI=1S/C12H14N2O4/c1-3-6-13(8-12(15)16)11-5-4-10(14(17)18)7-9(11)2/h3-5,7H,1,6,8H2,2H3,(H,15,16). The largest absolute Gasteiger partial charge is 0.480 e. The van der Waals surface area contributed by atoms with Crippen LogP contribution in [0, 0.1) is 17.0 Å². The highest BCUT2D eigenvalue weighted by molar-refractivity contribution is 5.74.